The highest BCUT2D eigenvalue weighted by atomic mass is 32.1. The number of halogens is 3. The quantitative estimate of drug-likeness (QED) is 0.687. The Bertz CT molecular complexity index is 743. The zero-order chi connectivity index (χ0) is 16.5. The molecule has 0 radical (unpaired) electrons. The number of nitro benzene ring substituents is 1. The fraction of sp³-hybridized carbons (Fsp3) is 0.167. The topological polar surface area (TPSA) is 85.1 Å². The molecule has 0 saturated carbocycles. The van der Waals surface area contributed by atoms with Gasteiger partial charge in [-0.1, -0.05) is 0 Å². The highest BCUT2D eigenvalue weighted by molar-refractivity contribution is 7.12. The van der Waals surface area contributed by atoms with E-state index in [2.05, 4.69) is 10.3 Å². The number of anilines is 1. The Morgan fingerprint density at radius 1 is 1.41 bits per heavy atom. The van der Waals surface area contributed by atoms with Crippen LogP contribution in [0.3, 0.4) is 0 Å². The van der Waals surface area contributed by atoms with Gasteiger partial charge in [-0.15, -0.1) is 11.3 Å². The van der Waals surface area contributed by atoms with E-state index >= 15 is 0 Å². The smallest absolute Gasteiger partial charge is 0.321 e. The molecular formula is C12H8F3N3O3S. The maximum absolute atomic E-state index is 12.8. The molecule has 116 valence electrons. The van der Waals surface area contributed by atoms with Crippen LogP contribution in [-0.4, -0.2) is 15.8 Å². The van der Waals surface area contributed by atoms with E-state index in [0.717, 1.165) is 17.4 Å². The first-order chi connectivity index (χ1) is 10.2. The molecule has 1 aromatic heterocycles. The van der Waals surface area contributed by atoms with Crippen LogP contribution in [0.1, 0.15) is 20.9 Å². The molecule has 0 saturated heterocycles. The number of alkyl halides is 3. The molecule has 1 aromatic carbocycles. The number of nitrogens with zero attached hydrogens (tertiary/aromatic N) is 2. The van der Waals surface area contributed by atoms with Gasteiger partial charge < -0.3 is 5.32 Å². The Kier molecular flexibility index (Phi) is 4.13. The first kappa shape index (κ1) is 15.9. The highest BCUT2D eigenvalue weighted by Gasteiger charge is 2.38. The molecule has 2 aromatic rings. The first-order valence-corrected chi connectivity index (χ1v) is 6.65. The second-order valence-electron chi connectivity index (χ2n) is 4.21. The number of carbonyl (C=O) groups excluding carboxylic acids is 1. The van der Waals surface area contributed by atoms with Crippen molar-refractivity contribution in [3.63, 3.8) is 0 Å². The molecule has 1 amide bonds. The lowest BCUT2D eigenvalue weighted by Crippen LogP contribution is -2.14. The number of thiazole rings is 1. The molecule has 0 aliphatic heterocycles. The van der Waals surface area contributed by atoms with Crippen molar-refractivity contribution in [1.82, 2.24) is 4.98 Å². The number of nitro groups is 1. The third-order valence-corrected chi connectivity index (χ3v) is 3.64. The summed E-state index contributed by atoms with van der Waals surface area (Å²) in [5, 5.41) is 12.9. The number of benzene rings is 1. The standard InChI is InChI=1S/C12H8F3N3O3S/c1-6-10(22-5-16-6)11(19)17-7-2-3-9(18(20)21)8(4-7)12(13,14)15/h2-5H,1H3,(H,17,19). The maximum Gasteiger partial charge on any atom is 0.423 e. The van der Waals surface area contributed by atoms with Crippen LogP contribution in [0.25, 0.3) is 0 Å². The monoisotopic (exact) mass is 331 g/mol. The summed E-state index contributed by atoms with van der Waals surface area (Å²) in [6, 6.07) is 2.28. The molecule has 0 aliphatic carbocycles. The van der Waals surface area contributed by atoms with E-state index in [1.54, 1.807) is 6.92 Å². The predicted octanol–water partition coefficient (Wildman–Crippen LogP) is 3.63. The van der Waals surface area contributed by atoms with Crippen LogP contribution in [-0.2, 0) is 6.18 Å². The Morgan fingerprint density at radius 2 is 2.09 bits per heavy atom. The number of aryl methyl sites for hydroxylation is 1. The highest BCUT2D eigenvalue weighted by Crippen LogP contribution is 2.37. The lowest BCUT2D eigenvalue weighted by atomic mass is 10.1. The van der Waals surface area contributed by atoms with E-state index < -0.39 is 28.3 Å². The number of hydrogen-bond acceptors (Lipinski definition) is 5. The molecule has 1 heterocycles. The van der Waals surface area contributed by atoms with Gasteiger partial charge >= 0.3 is 6.18 Å². The van der Waals surface area contributed by atoms with Crippen molar-refractivity contribution < 1.29 is 22.9 Å². The van der Waals surface area contributed by atoms with E-state index in [9.17, 15) is 28.1 Å². The van der Waals surface area contributed by atoms with Crippen molar-refractivity contribution in [1.29, 1.82) is 0 Å². The largest absolute Gasteiger partial charge is 0.423 e. The van der Waals surface area contributed by atoms with Crippen molar-refractivity contribution in [2.75, 3.05) is 5.32 Å². The van der Waals surface area contributed by atoms with E-state index in [4.69, 9.17) is 0 Å². The number of aromatic nitrogens is 1. The number of rotatable bonds is 3. The van der Waals surface area contributed by atoms with Crippen molar-refractivity contribution in [2.24, 2.45) is 0 Å². The molecule has 0 bridgehead atoms. The first-order valence-electron chi connectivity index (χ1n) is 5.77. The van der Waals surface area contributed by atoms with Gasteiger partial charge in [-0.2, -0.15) is 13.2 Å². The molecular weight excluding hydrogens is 323 g/mol. The Balaban J connectivity index is 2.35. The fourth-order valence-corrected chi connectivity index (χ4v) is 2.41. The summed E-state index contributed by atoms with van der Waals surface area (Å²) in [7, 11) is 0. The zero-order valence-electron chi connectivity index (χ0n) is 11.0. The third kappa shape index (κ3) is 3.22. The van der Waals surface area contributed by atoms with Crippen LogP contribution in [0.4, 0.5) is 24.5 Å². The summed E-state index contributed by atoms with van der Waals surface area (Å²) < 4.78 is 38.5. The van der Waals surface area contributed by atoms with Crippen LogP contribution in [0, 0.1) is 17.0 Å². The molecule has 0 atom stereocenters. The molecule has 10 heteroatoms. The van der Waals surface area contributed by atoms with Crippen LogP contribution in [0.15, 0.2) is 23.7 Å². The van der Waals surface area contributed by atoms with E-state index in [-0.39, 0.29) is 10.6 Å². The normalized spacial score (nSPS) is 11.3. The van der Waals surface area contributed by atoms with Gasteiger partial charge in [0.15, 0.2) is 0 Å². The third-order valence-electron chi connectivity index (χ3n) is 2.71. The van der Waals surface area contributed by atoms with Crippen LogP contribution in [0.5, 0.6) is 0 Å². The Labute approximate surface area is 125 Å². The molecule has 2 rings (SSSR count). The van der Waals surface area contributed by atoms with Crippen molar-refractivity contribution in [3.05, 3.63) is 50.0 Å². The number of carbonyl (C=O) groups is 1. The minimum atomic E-state index is -4.90. The fourth-order valence-electron chi connectivity index (χ4n) is 1.71. The van der Waals surface area contributed by atoms with Gasteiger partial charge in [0.1, 0.15) is 10.4 Å². The SMILES string of the molecule is Cc1ncsc1C(=O)Nc1ccc([N+](=O)[O-])c(C(F)(F)F)c1. The number of nitrogens with one attached hydrogen (secondary N) is 1. The Morgan fingerprint density at radius 3 is 2.59 bits per heavy atom. The number of amides is 1. The van der Waals surface area contributed by atoms with Crippen LogP contribution >= 0.6 is 11.3 Å². The molecule has 0 spiro atoms. The summed E-state index contributed by atoms with van der Waals surface area (Å²) in [5.41, 5.74) is -0.798. The maximum atomic E-state index is 12.8. The van der Waals surface area contributed by atoms with Gasteiger partial charge in [-0.3, -0.25) is 14.9 Å². The van der Waals surface area contributed by atoms with Crippen molar-refractivity contribution in [3.8, 4) is 0 Å². The molecule has 0 unspecified atom stereocenters. The van der Waals surface area contributed by atoms with Crippen LogP contribution < -0.4 is 5.32 Å². The number of hydrogen-bond donors (Lipinski definition) is 1. The summed E-state index contributed by atoms with van der Waals surface area (Å²) in [4.78, 5) is 25.6. The average molecular weight is 331 g/mol. The summed E-state index contributed by atoms with van der Waals surface area (Å²) in [6.45, 7) is 1.59. The van der Waals surface area contributed by atoms with Crippen molar-refractivity contribution >= 4 is 28.6 Å². The molecule has 1 N–H and O–H groups in total. The zero-order valence-corrected chi connectivity index (χ0v) is 11.8. The average Bonchev–Trinajstić information content (AvgIpc) is 2.83. The van der Waals surface area contributed by atoms with E-state index in [0.29, 0.717) is 17.8 Å². The van der Waals surface area contributed by atoms with E-state index in [1.807, 2.05) is 0 Å². The summed E-state index contributed by atoms with van der Waals surface area (Å²) >= 11 is 1.04. The molecule has 22 heavy (non-hydrogen) atoms. The molecule has 0 aliphatic rings. The predicted molar refractivity (Wildman–Crippen MR) is 72.9 cm³/mol. The van der Waals surface area contributed by atoms with Gasteiger partial charge in [0, 0.05) is 11.8 Å². The second-order valence-corrected chi connectivity index (χ2v) is 5.06. The minimum absolute atomic E-state index is 0.185. The lowest BCUT2D eigenvalue weighted by Gasteiger charge is -2.10. The van der Waals surface area contributed by atoms with Gasteiger partial charge in [0.05, 0.1) is 16.1 Å². The van der Waals surface area contributed by atoms with Gasteiger partial charge in [0.25, 0.3) is 11.6 Å². The Hall–Kier alpha value is -2.49. The molecule has 6 nitrogen and oxygen atoms in total. The second kappa shape index (κ2) is 5.72. The summed E-state index contributed by atoms with van der Waals surface area (Å²) in [6.07, 6.45) is -4.90. The minimum Gasteiger partial charge on any atom is -0.321 e. The lowest BCUT2D eigenvalue weighted by molar-refractivity contribution is -0.388. The summed E-state index contributed by atoms with van der Waals surface area (Å²) in [5.74, 6) is -0.623. The van der Waals surface area contributed by atoms with Gasteiger partial charge in [0.2, 0.25) is 0 Å². The van der Waals surface area contributed by atoms with Gasteiger partial charge in [-0.25, -0.2) is 4.98 Å². The van der Waals surface area contributed by atoms with Crippen LogP contribution in [0.2, 0.25) is 0 Å². The van der Waals surface area contributed by atoms with E-state index in [1.165, 1.54) is 5.51 Å². The molecule has 0 fully saturated rings. The van der Waals surface area contributed by atoms with Gasteiger partial charge in [-0.05, 0) is 19.1 Å². The van der Waals surface area contributed by atoms with Crippen molar-refractivity contribution in [2.45, 2.75) is 13.1 Å².